The standard InChI is InChI=1S/C10H17N3O/c1-8-9(2-5-14-8)6-11-7-10-12-3-4-13-10/h3-4,8-9,11H,2,5-7H2,1H3,(H,12,13). The number of hydrogen-bond acceptors (Lipinski definition) is 3. The van der Waals surface area contributed by atoms with Gasteiger partial charge in [0.1, 0.15) is 5.82 Å². The third-order valence-corrected chi connectivity index (χ3v) is 2.79. The first-order valence-corrected chi connectivity index (χ1v) is 5.17. The van der Waals surface area contributed by atoms with E-state index in [4.69, 9.17) is 4.74 Å². The number of nitrogens with one attached hydrogen (secondary N) is 2. The zero-order chi connectivity index (χ0) is 9.80. The average molecular weight is 195 g/mol. The van der Waals surface area contributed by atoms with Crippen molar-refractivity contribution in [1.82, 2.24) is 15.3 Å². The lowest BCUT2D eigenvalue weighted by atomic mass is 10.0. The van der Waals surface area contributed by atoms with Crippen molar-refractivity contribution in [3.05, 3.63) is 18.2 Å². The lowest BCUT2D eigenvalue weighted by Gasteiger charge is -2.13. The monoisotopic (exact) mass is 195 g/mol. The maximum atomic E-state index is 5.49. The minimum atomic E-state index is 0.402. The van der Waals surface area contributed by atoms with Crippen molar-refractivity contribution in [3.63, 3.8) is 0 Å². The summed E-state index contributed by atoms with van der Waals surface area (Å²) in [6.45, 7) is 4.89. The Morgan fingerprint density at radius 3 is 3.29 bits per heavy atom. The van der Waals surface area contributed by atoms with Crippen LogP contribution in [0.1, 0.15) is 19.2 Å². The molecule has 2 heterocycles. The van der Waals surface area contributed by atoms with Crippen LogP contribution in [0, 0.1) is 5.92 Å². The van der Waals surface area contributed by atoms with Gasteiger partial charge in [-0.05, 0) is 19.3 Å². The Bertz CT molecular complexity index is 260. The van der Waals surface area contributed by atoms with Crippen LogP contribution in [-0.4, -0.2) is 29.2 Å². The molecule has 4 heteroatoms. The third-order valence-electron chi connectivity index (χ3n) is 2.79. The fourth-order valence-electron chi connectivity index (χ4n) is 1.81. The first-order chi connectivity index (χ1) is 6.86. The number of aromatic amines is 1. The maximum absolute atomic E-state index is 5.49. The fraction of sp³-hybridized carbons (Fsp3) is 0.700. The van der Waals surface area contributed by atoms with E-state index in [1.165, 1.54) is 6.42 Å². The van der Waals surface area contributed by atoms with Crippen LogP contribution >= 0.6 is 0 Å². The number of rotatable bonds is 4. The Labute approximate surface area is 84.1 Å². The highest BCUT2D eigenvalue weighted by Crippen LogP contribution is 2.19. The zero-order valence-corrected chi connectivity index (χ0v) is 8.49. The minimum Gasteiger partial charge on any atom is -0.378 e. The van der Waals surface area contributed by atoms with Gasteiger partial charge in [-0.25, -0.2) is 4.98 Å². The zero-order valence-electron chi connectivity index (χ0n) is 8.49. The van der Waals surface area contributed by atoms with Gasteiger partial charge < -0.3 is 15.0 Å². The van der Waals surface area contributed by atoms with Crippen molar-refractivity contribution in [3.8, 4) is 0 Å². The smallest absolute Gasteiger partial charge is 0.120 e. The third kappa shape index (κ3) is 2.33. The van der Waals surface area contributed by atoms with E-state index in [9.17, 15) is 0 Å². The van der Waals surface area contributed by atoms with Crippen LogP contribution in [0.15, 0.2) is 12.4 Å². The molecule has 0 amide bonds. The highest BCUT2D eigenvalue weighted by molar-refractivity contribution is 4.86. The molecule has 2 N–H and O–H groups in total. The van der Waals surface area contributed by atoms with E-state index in [0.29, 0.717) is 12.0 Å². The van der Waals surface area contributed by atoms with Gasteiger partial charge in [-0.15, -0.1) is 0 Å². The van der Waals surface area contributed by atoms with E-state index in [2.05, 4.69) is 22.2 Å². The lowest BCUT2D eigenvalue weighted by Crippen LogP contribution is -2.26. The molecule has 0 spiro atoms. The lowest BCUT2D eigenvalue weighted by molar-refractivity contribution is 0.105. The Morgan fingerprint density at radius 2 is 2.64 bits per heavy atom. The van der Waals surface area contributed by atoms with Gasteiger partial charge >= 0.3 is 0 Å². The van der Waals surface area contributed by atoms with E-state index >= 15 is 0 Å². The molecular formula is C10H17N3O. The number of ether oxygens (including phenoxy) is 1. The molecule has 0 radical (unpaired) electrons. The van der Waals surface area contributed by atoms with Crippen molar-refractivity contribution in [2.24, 2.45) is 5.92 Å². The summed E-state index contributed by atoms with van der Waals surface area (Å²) in [5.41, 5.74) is 0. The summed E-state index contributed by atoms with van der Waals surface area (Å²) in [6.07, 6.45) is 5.20. The van der Waals surface area contributed by atoms with Gasteiger partial charge in [-0.1, -0.05) is 0 Å². The molecule has 0 aromatic carbocycles. The van der Waals surface area contributed by atoms with Gasteiger partial charge in [-0.3, -0.25) is 0 Å². The molecule has 0 saturated carbocycles. The second-order valence-corrected chi connectivity index (χ2v) is 3.79. The molecule has 1 aromatic rings. The molecule has 14 heavy (non-hydrogen) atoms. The van der Waals surface area contributed by atoms with Crippen LogP contribution in [0.2, 0.25) is 0 Å². The molecule has 1 fully saturated rings. The van der Waals surface area contributed by atoms with Gasteiger partial charge in [0, 0.05) is 25.5 Å². The van der Waals surface area contributed by atoms with Crippen LogP contribution in [0.3, 0.4) is 0 Å². The summed E-state index contributed by atoms with van der Waals surface area (Å²) in [6, 6.07) is 0. The second kappa shape index (κ2) is 4.57. The van der Waals surface area contributed by atoms with Crippen molar-refractivity contribution < 1.29 is 4.74 Å². The van der Waals surface area contributed by atoms with Crippen molar-refractivity contribution in [1.29, 1.82) is 0 Å². The van der Waals surface area contributed by atoms with Gasteiger partial charge in [-0.2, -0.15) is 0 Å². The van der Waals surface area contributed by atoms with Crippen LogP contribution in [-0.2, 0) is 11.3 Å². The molecule has 2 atom stereocenters. The molecule has 1 aromatic heterocycles. The summed E-state index contributed by atoms with van der Waals surface area (Å²) in [5.74, 6) is 1.65. The van der Waals surface area contributed by atoms with Crippen LogP contribution in [0.5, 0.6) is 0 Å². The topological polar surface area (TPSA) is 49.9 Å². The molecule has 2 unspecified atom stereocenters. The van der Waals surface area contributed by atoms with Gasteiger partial charge in [0.25, 0.3) is 0 Å². The maximum Gasteiger partial charge on any atom is 0.120 e. The highest BCUT2D eigenvalue weighted by Gasteiger charge is 2.23. The second-order valence-electron chi connectivity index (χ2n) is 3.79. The van der Waals surface area contributed by atoms with Crippen molar-refractivity contribution in [2.45, 2.75) is 26.0 Å². The normalized spacial score (nSPS) is 26.9. The van der Waals surface area contributed by atoms with Gasteiger partial charge in [0.2, 0.25) is 0 Å². The van der Waals surface area contributed by atoms with Crippen LogP contribution in [0.25, 0.3) is 0 Å². The van der Waals surface area contributed by atoms with Crippen LogP contribution < -0.4 is 5.32 Å². The number of imidazole rings is 1. The SMILES string of the molecule is CC1OCCC1CNCc1ncc[nH]1. The van der Waals surface area contributed by atoms with Crippen molar-refractivity contribution >= 4 is 0 Å². The molecule has 78 valence electrons. The Kier molecular flexibility index (Phi) is 3.16. The van der Waals surface area contributed by atoms with Gasteiger partial charge in [0.15, 0.2) is 0 Å². The Hall–Kier alpha value is -0.870. The van der Waals surface area contributed by atoms with E-state index in [-0.39, 0.29) is 0 Å². The number of H-pyrrole nitrogens is 1. The summed E-state index contributed by atoms with van der Waals surface area (Å²) >= 11 is 0. The quantitative estimate of drug-likeness (QED) is 0.751. The summed E-state index contributed by atoms with van der Waals surface area (Å²) in [5, 5.41) is 3.39. The molecule has 1 saturated heterocycles. The average Bonchev–Trinajstić information content (AvgIpc) is 2.78. The van der Waals surface area contributed by atoms with Crippen molar-refractivity contribution in [2.75, 3.05) is 13.2 Å². The minimum absolute atomic E-state index is 0.402. The Morgan fingerprint density at radius 1 is 1.71 bits per heavy atom. The summed E-state index contributed by atoms with van der Waals surface area (Å²) in [4.78, 5) is 7.22. The summed E-state index contributed by atoms with van der Waals surface area (Å²) in [7, 11) is 0. The highest BCUT2D eigenvalue weighted by atomic mass is 16.5. The molecule has 1 aliphatic heterocycles. The van der Waals surface area contributed by atoms with E-state index < -0.39 is 0 Å². The predicted octanol–water partition coefficient (Wildman–Crippen LogP) is 0.924. The van der Waals surface area contributed by atoms with E-state index in [0.717, 1.165) is 25.5 Å². The molecular weight excluding hydrogens is 178 g/mol. The van der Waals surface area contributed by atoms with E-state index in [1.807, 2.05) is 6.20 Å². The van der Waals surface area contributed by atoms with Crippen LogP contribution in [0.4, 0.5) is 0 Å². The molecule has 4 nitrogen and oxygen atoms in total. The molecule has 0 aliphatic carbocycles. The van der Waals surface area contributed by atoms with Gasteiger partial charge in [0.05, 0.1) is 12.6 Å². The number of nitrogens with zero attached hydrogens (tertiary/aromatic N) is 1. The first-order valence-electron chi connectivity index (χ1n) is 5.17. The number of aromatic nitrogens is 2. The molecule has 0 bridgehead atoms. The molecule has 1 aliphatic rings. The first kappa shape index (κ1) is 9.68. The fourth-order valence-corrected chi connectivity index (χ4v) is 1.81. The largest absolute Gasteiger partial charge is 0.378 e. The predicted molar refractivity (Wildman–Crippen MR) is 53.8 cm³/mol. The molecule has 2 rings (SSSR count). The summed E-state index contributed by atoms with van der Waals surface area (Å²) < 4.78 is 5.49. The van der Waals surface area contributed by atoms with E-state index in [1.54, 1.807) is 6.20 Å². The Balaban J connectivity index is 1.68. The number of hydrogen-bond donors (Lipinski definition) is 2.